The number of benzene rings is 1. The standard InChI is InChI=1S/C20H29N3O5/c1-20(2,3)28-19(26)23-14-18(25)22-12-6-11-21-17(24)10-9-15-7-5-8-16(13-15)27-4/h5,7-10,13H,6,11-12,14H2,1-4H3,(H,21,24)(H,22,25)(H,23,26)/b10-9+. The van der Waals surface area contributed by atoms with Crippen LogP contribution in [0, 0.1) is 0 Å². The van der Waals surface area contributed by atoms with Crippen molar-refractivity contribution in [1.82, 2.24) is 16.0 Å². The number of hydrogen-bond acceptors (Lipinski definition) is 5. The van der Waals surface area contributed by atoms with E-state index in [4.69, 9.17) is 9.47 Å². The number of nitrogens with one attached hydrogen (secondary N) is 3. The average Bonchev–Trinajstić information content (AvgIpc) is 2.63. The van der Waals surface area contributed by atoms with Crippen molar-refractivity contribution in [3.8, 4) is 5.75 Å². The summed E-state index contributed by atoms with van der Waals surface area (Å²) in [6.45, 7) is 5.87. The van der Waals surface area contributed by atoms with E-state index in [9.17, 15) is 14.4 Å². The largest absolute Gasteiger partial charge is 0.497 e. The Morgan fingerprint density at radius 1 is 1.07 bits per heavy atom. The van der Waals surface area contributed by atoms with Gasteiger partial charge in [-0.15, -0.1) is 0 Å². The molecule has 154 valence electrons. The maximum atomic E-state index is 11.8. The number of hydrogen-bond donors (Lipinski definition) is 3. The van der Waals surface area contributed by atoms with Crippen LogP contribution in [0.3, 0.4) is 0 Å². The summed E-state index contributed by atoms with van der Waals surface area (Å²) in [5, 5.41) is 7.76. The van der Waals surface area contributed by atoms with Gasteiger partial charge in [0, 0.05) is 19.2 Å². The molecule has 0 aliphatic heterocycles. The highest BCUT2D eigenvalue weighted by Gasteiger charge is 2.16. The fraction of sp³-hybridized carbons (Fsp3) is 0.450. The van der Waals surface area contributed by atoms with E-state index >= 15 is 0 Å². The summed E-state index contributed by atoms with van der Waals surface area (Å²) in [6, 6.07) is 7.36. The Kier molecular flexibility index (Phi) is 9.56. The predicted octanol–water partition coefficient (Wildman–Crippen LogP) is 1.86. The molecule has 0 atom stereocenters. The van der Waals surface area contributed by atoms with Crippen molar-refractivity contribution in [2.75, 3.05) is 26.7 Å². The molecule has 0 radical (unpaired) electrons. The molecule has 0 aromatic heterocycles. The van der Waals surface area contributed by atoms with Crippen LogP contribution in [0.1, 0.15) is 32.8 Å². The maximum absolute atomic E-state index is 11.8. The van der Waals surface area contributed by atoms with Crippen molar-refractivity contribution in [3.05, 3.63) is 35.9 Å². The fourth-order valence-corrected chi connectivity index (χ4v) is 2.03. The molecule has 1 aromatic carbocycles. The molecule has 3 amide bonds. The molecule has 1 aromatic rings. The highest BCUT2D eigenvalue weighted by Crippen LogP contribution is 2.13. The Morgan fingerprint density at radius 3 is 2.46 bits per heavy atom. The quantitative estimate of drug-likeness (QED) is 0.440. The van der Waals surface area contributed by atoms with Gasteiger partial charge < -0.3 is 25.4 Å². The van der Waals surface area contributed by atoms with Crippen molar-refractivity contribution in [3.63, 3.8) is 0 Å². The topological polar surface area (TPSA) is 106 Å². The Morgan fingerprint density at radius 2 is 1.79 bits per heavy atom. The summed E-state index contributed by atoms with van der Waals surface area (Å²) in [4.78, 5) is 34.9. The lowest BCUT2D eigenvalue weighted by molar-refractivity contribution is -0.120. The zero-order valence-corrected chi connectivity index (χ0v) is 16.8. The van der Waals surface area contributed by atoms with Crippen LogP contribution in [-0.4, -0.2) is 50.3 Å². The third-order valence-electron chi connectivity index (χ3n) is 3.29. The molecule has 3 N–H and O–H groups in total. The lowest BCUT2D eigenvalue weighted by Crippen LogP contribution is -2.40. The first-order chi connectivity index (χ1) is 13.2. The van der Waals surface area contributed by atoms with Crippen LogP contribution in [-0.2, 0) is 14.3 Å². The molecule has 0 spiro atoms. The molecule has 0 heterocycles. The van der Waals surface area contributed by atoms with Gasteiger partial charge in [-0.1, -0.05) is 12.1 Å². The van der Waals surface area contributed by atoms with Gasteiger partial charge in [-0.3, -0.25) is 9.59 Å². The second-order valence-electron chi connectivity index (χ2n) is 6.96. The zero-order chi connectivity index (χ0) is 21.0. The first kappa shape index (κ1) is 23.0. The average molecular weight is 391 g/mol. The van der Waals surface area contributed by atoms with Crippen molar-refractivity contribution in [1.29, 1.82) is 0 Å². The molecule has 0 fully saturated rings. The molecular weight excluding hydrogens is 362 g/mol. The van der Waals surface area contributed by atoms with E-state index in [2.05, 4.69) is 16.0 Å². The summed E-state index contributed by atoms with van der Waals surface area (Å²) in [7, 11) is 1.59. The van der Waals surface area contributed by atoms with E-state index in [1.54, 1.807) is 34.0 Å². The van der Waals surface area contributed by atoms with Crippen LogP contribution in [0.25, 0.3) is 6.08 Å². The second kappa shape index (κ2) is 11.6. The van der Waals surface area contributed by atoms with E-state index in [0.717, 1.165) is 11.3 Å². The van der Waals surface area contributed by atoms with Crippen LogP contribution >= 0.6 is 0 Å². The summed E-state index contributed by atoms with van der Waals surface area (Å²) in [6.07, 6.45) is 3.06. The lowest BCUT2D eigenvalue weighted by Gasteiger charge is -2.19. The van der Waals surface area contributed by atoms with Crippen LogP contribution < -0.4 is 20.7 Å². The minimum atomic E-state index is -0.641. The zero-order valence-electron chi connectivity index (χ0n) is 16.8. The molecule has 0 saturated carbocycles. The van der Waals surface area contributed by atoms with Crippen LogP contribution in [0.2, 0.25) is 0 Å². The van der Waals surface area contributed by atoms with E-state index in [-0.39, 0.29) is 18.4 Å². The Balaban J connectivity index is 2.16. The molecule has 28 heavy (non-hydrogen) atoms. The molecule has 8 nitrogen and oxygen atoms in total. The molecule has 1 rings (SSSR count). The van der Waals surface area contributed by atoms with Crippen LogP contribution in [0.4, 0.5) is 4.79 Å². The van der Waals surface area contributed by atoms with Gasteiger partial charge in [-0.2, -0.15) is 0 Å². The molecule has 0 saturated heterocycles. The Bertz CT molecular complexity index is 695. The van der Waals surface area contributed by atoms with E-state index in [1.807, 2.05) is 24.3 Å². The monoisotopic (exact) mass is 391 g/mol. The minimum Gasteiger partial charge on any atom is -0.497 e. The van der Waals surface area contributed by atoms with Gasteiger partial charge in [-0.25, -0.2) is 4.79 Å². The lowest BCUT2D eigenvalue weighted by atomic mass is 10.2. The smallest absolute Gasteiger partial charge is 0.408 e. The highest BCUT2D eigenvalue weighted by molar-refractivity contribution is 5.91. The molecule has 0 aliphatic carbocycles. The third-order valence-corrected chi connectivity index (χ3v) is 3.29. The third kappa shape index (κ3) is 10.8. The van der Waals surface area contributed by atoms with Gasteiger partial charge in [0.05, 0.1) is 13.7 Å². The van der Waals surface area contributed by atoms with Crippen molar-refractivity contribution < 1.29 is 23.9 Å². The maximum Gasteiger partial charge on any atom is 0.408 e. The summed E-state index contributed by atoms with van der Waals surface area (Å²) in [5.74, 6) is 0.176. The van der Waals surface area contributed by atoms with Gasteiger partial charge >= 0.3 is 6.09 Å². The summed E-state index contributed by atoms with van der Waals surface area (Å²) in [5.41, 5.74) is 0.249. The number of amides is 3. The SMILES string of the molecule is COc1cccc(/C=C/C(=O)NCCCNC(=O)CNC(=O)OC(C)(C)C)c1. The number of methoxy groups -OCH3 is 1. The van der Waals surface area contributed by atoms with Crippen LogP contribution in [0.5, 0.6) is 5.75 Å². The van der Waals surface area contributed by atoms with Crippen LogP contribution in [0.15, 0.2) is 30.3 Å². The van der Waals surface area contributed by atoms with Crippen molar-refractivity contribution >= 4 is 24.0 Å². The number of alkyl carbamates (subject to hydrolysis) is 1. The molecule has 0 aliphatic rings. The van der Waals surface area contributed by atoms with E-state index in [1.165, 1.54) is 6.08 Å². The fourth-order valence-electron chi connectivity index (χ4n) is 2.03. The molecule has 8 heteroatoms. The summed E-state index contributed by atoms with van der Waals surface area (Å²) < 4.78 is 10.2. The van der Waals surface area contributed by atoms with E-state index < -0.39 is 11.7 Å². The highest BCUT2D eigenvalue weighted by atomic mass is 16.6. The van der Waals surface area contributed by atoms with Crippen molar-refractivity contribution in [2.45, 2.75) is 32.8 Å². The van der Waals surface area contributed by atoms with Gasteiger partial charge in [0.15, 0.2) is 0 Å². The minimum absolute atomic E-state index is 0.162. The predicted molar refractivity (Wildman–Crippen MR) is 107 cm³/mol. The number of carbonyl (C=O) groups is 3. The first-order valence-electron chi connectivity index (χ1n) is 9.03. The van der Waals surface area contributed by atoms with Gasteiger partial charge in [0.2, 0.25) is 11.8 Å². The molecule has 0 unspecified atom stereocenters. The summed E-state index contributed by atoms with van der Waals surface area (Å²) >= 11 is 0. The Labute approximate surface area is 165 Å². The van der Waals surface area contributed by atoms with Gasteiger partial charge in [0.25, 0.3) is 0 Å². The number of rotatable bonds is 9. The first-order valence-corrected chi connectivity index (χ1v) is 9.03. The molecule has 0 bridgehead atoms. The number of carbonyl (C=O) groups excluding carboxylic acids is 3. The van der Waals surface area contributed by atoms with Gasteiger partial charge in [0.1, 0.15) is 11.4 Å². The van der Waals surface area contributed by atoms with E-state index in [0.29, 0.717) is 19.5 Å². The second-order valence-corrected chi connectivity index (χ2v) is 6.96. The Hall–Kier alpha value is -3.03. The van der Waals surface area contributed by atoms with Gasteiger partial charge in [-0.05, 0) is 51.0 Å². The van der Waals surface area contributed by atoms with Crippen molar-refractivity contribution in [2.24, 2.45) is 0 Å². The normalized spacial score (nSPS) is 11.0. The number of ether oxygens (including phenoxy) is 2. The molecular formula is C20H29N3O5.